The average molecular weight is 433 g/mol. The van der Waals surface area contributed by atoms with E-state index in [-0.39, 0.29) is 17.5 Å². The number of rotatable bonds is 8. The molecule has 0 radical (unpaired) electrons. The van der Waals surface area contributed by atoms with Crippen LogP contribution in [-0.4, -0.2) is 28.1 Å². The molecule has 3 rings (SSSR count). The fraction of sp³-hybridized carbons (Fsp3) is 0.158. The molecule has 144 valence electrons. The van der Waals surface area contributed by atoms with Gasteiger partial charge in [-0.2, -0.15) is 5.10 Å². The van der Waals surface area contributed by atoms with E-state index in [0.29, 0.717) is 5.56 Å². The number of nitrogens with zero attached hydrogens (tertiary/aromatic N) is 3. The van der Waals surface area contributed by atoms with E-state index < -0.39 is 0 Å². The van der Waals surface area contributed by atoms with Crippen molar-refractivity contribution in [3.8, 4) is 0 Å². The largest absolute Gasteiger partial charge is 0.272 e. The van der Waals surface area contributed by atoms with Crippen LogP contribution >= 0.6 is 34.9 Å². The first-order valence-electron chi connectivity index (χ1n) is 8.30. The van der Waals surface area contributed by atoms with Crippen molar-refractivity contribution in [2.45, 2.75) is 21.4 Å². The molecule has 0 spiro atoms. The standard InChI is InChI=1S/C19H17FN4OS3/c1-13-2-4-15(5-3-13)11-26-18-23-24-19(28-18)27-12-17(25)22-21-10-14-6-8-16(20)9-7-14/h2-10H,11-12H2,1H3,(H,22,25)/b21-10-. The Bertz CT molecular complexity index is 943. The number of hydrogen-bond donors (Lipinski definition) is 1. The monoisotopic (exact) mass is 432 g/mol. The Morgan fingerprint density at radius 2 is 1.79 bits per heavy atom. The number of amides is 1. The second kappa shape index (κ2) is 10.4. The van der Waals surface area contributed by atoms with Crippen LogP contribution in [0.25, 0.3) is 0 Å². The molecular formula is C19H17FN4OS3. The van der Waals surface area contributed by atoms with Gasteiger partial charge >= 0.3 is 0 Å². The van der Waals surface area contributed by atoms with Crippen LogP contribution in [0.2, 0.25) is 0 Å². The number of aromatic nitrogens is 2. The molecule has 1 N–H and O–H groups in total. The van der Waals surface area contributed by atoms with Crippen LogP contribution in [0.15, 0.2) is 62.3 Å². The SMILES string of the molecule is Cc1ccc(CSc2nnc(SCC(=O)N/N=C\c3ccc(F)cc3)s2)cc1. The fourth-order valence-electron chi connectivity index (χ4n) is 2.03. The molecule has 1 aromatic heterocycles. The summed E-state index contributed by atoms with van der Waals surface area (Å²) in [6.07, 6.45) is 1.47. The third-order valence-corrected chi connectivity index (χ3v) is 6.73. The average Bonchev–Trinajstić information content (AvgIpc) is 3.15. The Morgan fingerprint density at radius 3 is 2.50 bits per heavy atom. The Kier molecular flexibility index (Phi) is 7.58. The summed E-state index contributed by atoms with van der Waals surface area (Å²) in [5, 5.41) is 12.1. The molecule has 2 aromatic carbocycles. The van der Waals surface area contributed by atoms with Crippen molar-refractivity contribution in [1.29, 1.82) is 0 Å². The summed E-state index contributed by atoms with van der Waals surface area (Å²) >= 11 is 4.41. The minimum atomic E-state index is -0.314. The summed E-state index contributed by atoms with van der Waals surface area (Å²) in [5.41, 5.74) is 5.62. The Labute approximate surface area is 174 Å². The number of carbonyl (C=O) groups is 1. The molecule has 0 bridgehead atoms. The predicted octanol–water partition coefficient (Wildman–Crippen LogP) is 4.52. The van der Waals surface area contributed by atoms with E-state index in [0.717, 1.165) is 14.4 Å². The maximum absolute atomic E-state index is 12.8. The second-order valence-corrected chi connectivity index (χ2v) is 9.16. The van der Waals surface area contributed by atoms with E-state index >= 15 is 0 Å². The van der Waals surface area contributed by atoms with Gasteiger partial charge in [-0.3, -0.25) is 4.79 Å². The third kappa shape index (κ3) is 6.74. The minimum absolute atomic E-state index is 0.192. The molecule has 0 aliphatic rings. The number of hydrazone groups is 1. The van der Waals surface area contributed by atoms with E-state index in [1.54, 1.807) is 23.9 Å². The zero-order valence-corrected chi connectivity index (χ0v) is 17.4. The van der Waals surface area contributed by atoms with E-state index in [4.69, 9.17) is 0 Å². The van der Waals surface area contributed by atoms with Gasteiger partial charge in [-0.25, -0.2) is 9.82 Å². The van der Waals surface area contributed by atoms with Gasteiger partial charge in [-0.05, 0) is 30.2 Å². The molecule has 0 atom stereocenters. The predicted molar refractivity (Wildman–Crippen MR) is 114 cm³/mol. The molecule has 5 nitrogen and oxygen atoms in total. The molecule has 0 fully saturated rings. The number of hydrogen-bond acceptors (Lipinski definition) is 7. The van der Waals surface area contributed by atoms with Crippen LogP contribution in [0.5, 0.6) is 0 Å². The van der Waals surface area contributed by atoms with Gasteiger partial charge in [0, 0.05) is 5.75 Å². The zero-order valence-electron chi connectivity index (χ0n) is 15.0. The van der Waals surface area contributed by atoms with Crippen LogP contribution in [0, 0.1) is 12.7 Å². The van der Waals surface area contributed by atoms with Crippen molar-refractivity contribution in [1.82, 2.24) is 15.6 Å². The number of aryl methyl sites for hydroxylation is 1. The maximum atomic E-state index is 12.8. The summed E-state index contributed by atoms with van der Waals surface area (Å²) in [6, 6.07) is 14.2. The number of halogens is 1. The lowest BCUT2D eigenvalue weighted by molar-refractivity contribution is -0.118. The topological polar surface area (TPSA) is 67.2 Å². The quantitative estimate of drug-likeness (QED) is 0.322. The molecule has 0 unspecified atom stereocenters. The molecule has 0 aliphatic heterocycles. The number of benzene rings is 2. The molecular weight excluding hydrogens is 415 g/mol. The lowest BCUT2D eigenvalue weighted by atomic mass is 10.2. The van der Waals surface area contributed by atoms with E-state index in [9.17, 15) is 9.18 Å². The number of carbonyl (C=O) groups excluding carboxylic acids is 1. The highest BCUT2D eigenvalue weighted by Gasteiger charge is 2.08. The molecule has 9 heteroatoms. The molecule has 3 aromatic rings. The van der Waals surface area contributed by atoms with Crippen LogP contribution in [-0.2, 0) is 10.5 Å². The molecule has 28 heavy (non-hydrogen) atoms. The second-order valence-electron chi connectivity index (χ2n) is 5.74. The summed E-state index contributed by atoms with van der Waals surface area (Å²) in [6.45, 7) is 2.06. The number of nitrogens with one attached hydrogen (secondary N) is 1. The van der Waals surface area contributed by atoms with Gasteiger partial charge in [0.15, 0.2) is 8.68 Å². The highest BCUT2D eigenvalue weighted by molar-refractivity contribution is 8.03. The van der Waals surface area contributed by atoms with E-state index in [2.05, 4.69) is 51.9 Å². The fourth-order valence-corrected chi connectivity index (χ4v) is 4.80. The minimum Gasteiger partial charge on any atom is -0.272 e. The summed E-state index contributed by atoms with van der Waals surface area (Å²) in [4.78, 5) is 11.9. The molecule has 0 saturated heterocycles. The first-order chi connectivity index (χ1) is 13.6. The molecule has 1 amide bonds. The van der Waals surface area contributed by atoms with Gasteiger partial charge in [0.05, 0.1) is 12.0 Å². The van der Waals surface area contributed by atoms with Gasteiger partial charge in [0.25, 0.3) is 5.91 Å². The van der Waals surface area contributed by atoms with Crippen molar-refractivity contribution < 1.29 is 9.18 Å². The smallest absolute Gasteiger partial charge is 0.250 e. The van der Waals surface area contributed by atoms with Gasteiger partial charge in [-0.15, -0.1) is 10.2 Å². The number of thioether (sulfide) groups is 2. The Morgan fingerprint density at radius 1 is 1.11 bits per heavy atom. The third-order valence-electron chi connectivity index (χ3n) is 3.47. The molecule has 1 heterocycles. The van der Waals surface area contributed by atoms with Gasteiger partial charge < -0.3 is 0 Å². The van der Waals surface area contributed by atoms with Gasteiger partial charge in [-0.1, -0.05) is 76.8 Å². The summed E-state index contributed by atoms with van der Waals surface area (Å²) in [7, 11) is 0. The van der Waals surface area contributed by atoms with E-state index in [1.807, 2.05) is 0 Å². The van der Waals surface area contributed by atoms with Gasteiger partial charge in [0.2, 0.25) is 0 Å². The van der Waals surface area contributed by atoms with Crippen LogP contribution in [0.4, 0.5) is 4.39 Å². The molecule has 0 aliphatic carbocycles. The summed E-state index contributed by atoms with van der Waals surface area (Å²) in [5.74, 6) is 0.467. The lowest BCUT2D eigenvalue weighted by Crippen LogP contribution is -2.19. The van der Waals surface area contributed by atoms with Crippen LogP contribution < -0.4 is 5.43 Å². The van der Waals surface area contributed by atoms with E-state index in [1.165, 1.54) is 52.6 Å². The first-order valence-corrected chi connectivity index (χ1v) is 11.1. The van der Waals surface area contributed by atoms with Crippen LogP contribution in [0.1, 0.15) is 16.7 Å². The van der Waals surface area contributed by atoms with Crippen molar-refractivity contribution >= 4 is 47.0 Å². The van der Waals surface area contributed by atoms with Gasteiger partial charge in [0.1, 0.15) is 5.82 Å². The lowest BCUT2D eigenvalue weighted by Gasteiger charge is -1.99. The zero-order chi connectivity index (χ0) is 19.8. The highest BCUT2D eigenvalue weighted by Crippen LogP contribution is 2.30. The molecule has 0 saturated carbocycles. The van der Waals surface area contributed by atoms with Crippen molar-refractivity contribution in [3.63, 3.8) is 0 Å². The Balaban J connectivity index is 1.40. The summed E-state index contributed by atoms with van der Waals surface area (Å²) < 4.78 is 14.4. The highest BCUT2D eigenvalue weighted by atomic mass is 32.2. The Hall–Kier alpha value is -2.23. The maximum Gasteiger partial charge on any atom is 0.250 e. The van der Waals surface area contributed by atoms with Crippen LogP contribution in [0.3, 0.4) is 0 Å². The first kappa shape index (κ1) is 20.5. The normalized spacial score (nSPS) is 11.1. The van der Waals surface area contributed by atoms with Crippen molar-refractivity contribution in [3.05, 3.63) is 71.0 Å². The van der Waals surface area contributed by atoms with Crippen molar-refractivity contribution in [2.24, 2.45) is 5.10 Å². The van der Waals surface area contributed by atoms with Crippen molar-refractivity contribution in [2.75, 3.05) is 5.75 Å².